The molecule has 0 bridgehead atoms. The van der Waals surface area contributed by atoms with E-state index in [9.17, 15) is 0 Å². The smallest absolute Gasteiger partial charge is 0.0998 e. The molecule has 0 radical (unpaired) electrons. The number of nitrogens with zero attached hydrogens (tertiary/aromatic N) is 2. The lowest BCUT2D eigenvalue weighted by molar-refractivity contribution is 0.796. The molecule has 3 heteroatoms. The summed E-state index contributed by atoms with van der Waals surface area (Å²) in [6, 6.07) is 7.95. The van der Waals surface area contributed by atoms with Crippen LogP contribution in [0.1, 0.15) is 12.5 Å². The van der Waals surface area contributed by atoms with Crippen LogP contribution in [0.2, 0.25) is 0 Å². The van der Waals surface area contributed by atoms with Crippen LogP contribution in [0.5, 0.6) is 0 Å². The SMILES string of the molecule is CCn1ccc2c(C#N)ccc(Br)c21. The molecular weight excluding hydrogens is 240 g/mol. The average Bonchev–Trinajstić information content (AvgIpc) is 2.63. The van der Waals surface area contributed by atoms with Crippen molar-refractivity contribution in [1.29, 1.82) is 5.26 Å². The predicted molar refractivity (Wildman–Crippen MR) is 60.0 cm³/mol. The summed E-state index contributed by atoms with van der Waals surface area (Å²) in [6.45, 7) is 3.00. The third-order valence-corrected chi connectivity index (χ3v) is 2.98. The second-order valence-corrected chi connectivity index (χ2v) is 3.93. The highest BCUT2D eigenvalue weighted by molar-refractivity contribution is 9.10. The quantitative estimate of drug-likeness (QED) is 0.762. The summed E-state index contributed by atoms with van der Waals surface area (Å²) < 4.78 is 3.17. The normalized spacial score (nSPS) is 10.4. The second kappa shape index (κ2) is 3.47. The molecule has 2 aromatic rings. The summed E-state index contributed by atoms with van der Waals surface area (Å²) >= 11 is 3.50. The fraction of sp³-hybridized carbons (Fsp3) is 0.182. The largest absolute Gasteiger partial charge is 0.347 e. The van der Waals surface area contributed by atoms with Gasteiger partial charge in [-0.25, -0.2) is 0 Å². The maximum atomic E-state index is 8.93. The summed E-state index contributed by atoms with van der Waals surface area (Å²) in [5.41, 5.74) is 1.84. The van der Waals surface area contributed by atoms with Gasteiger partial charge < -0.3 is 4.57 Å². The first-order valence-electron chi connectivity index (χ1n) is 4.45. The highest BCUT2D eigenvalue weighted by atomic mass is 79.9. The van der Waals surface area contributed by atoms with E-state index in [1.54, 1.807) is 0 Å². The minimum Gasteiger partial charge on any atom is -0.347 e. The Morgan fingerprint density at radius 3 is 2.86 bits per heavy atom. The van der Waals surface area contributed by atoms with Gasteiger partial charge in [0.1, 0.15) is 0 Å². The van der Waals surface area contributed by atoms with E-state index < -0.39 is 0 Å². The van der Waals surface area contributed by atoms with Crippen LogP contribution in [-0.4, -0.2) is 4.57 Å². The van der Waals surface area contributed by atoms with Crippen molar-refractivity contribution in [1.82, 2.24) is 4.57 Å². The van der Waals surface area contributed by atoms with Gasteiger partial charge in [0.25, 0.3) is 0 Å². The number of hydrogen-bond donors (Lipinski definition) is 0. The van der Waals surface area contributed by atoms with Gasteiger partial charge in [0, 0.05) is 22.6 Å². The van der Waals surface area contributed by atoms with Crippen molar-refractivity contribution in [2.24, 2.45) is 0 Å². The Balaban J connectivity index is 2.89. The lowest BCUT2D eigenvalue weighted by Gasteiger charge is -2.03. The van der Waals surface area contributed by atoms with Crippen LogP contribution in [0.3, 0.4) is 0 Å². The lowest BCUT2D eigenvalue weighted by Crippen LogP contribution is -1.91. The Morgan fingerprint density at radius 1 is 1.43 bits per heavy atom. The van der Waals surface area contributed by atoms with Crippen LogP contribution in [-0.2, 0) is 6.54 Å². The molecule has 1 heterocycles. The van der Waals surface area contributed by atoms with Crippen LogP contribution in [0.15, 0.2) is 28.9 Å². The first-order chi connectivity index (χ1) is 6.77. The van der Waals surface area contributed by atoms with Crippen molar-refractivity contribution in [3.05, 3.63) is 34.4 Å². The summed E-state index contributed by atoms with van der Waals surface area (Å²) in [6.07, 6.45) is 2.01. The maximum Gasteiger partial charge on any atom is 0.0998 e. The van der Waals surface area contributed by atoms with E-state index >= 15 is 0 Å². The van der Waals surface area contributed by atoms with Crippen molar-refractivity contribution < 1.29 is 0 Å². The molecule has 0 saturated carbocycles. The third kappa shape index (κ3) is 1.23. The van der Waals surface area contributed by atoms with Gasteiger partial charge in [-0.15, -0.1) is 0 Å². The van der Waals surface area contributed by atoms with E-state index in [0.717, 1.165) is 27.5 Å². The van der Waals surface area contributed by atoms with Crippen molar-refractivity contribution >= 4 is 26.8 Å². The fourth-order valence-corrected chi connectivity index (χ4v) is 2.22. The monoisotopic (exact) mass is 248 g/mol. The lowest BCUT2D eigenvalue weighted by atomic mass is 10.1. The van der Waals surface area contributed by atoms with Gasteiger partial charge in [-0.3, -0.25) is 0 Å². The molecule has 1 aromatic heterocycles. The molecule has 2 nitrogen and oxygen atoms in total. The highest BCUT2D eigenvalue weighted by Crippen LogP contribution is 2.27. The Bertz CT molecular complexity index is 520. The van der Waals surface area contributed by atoms with E-state index in [-0.39, 0.29) is 0 Å². The minimum absolute atomic E-state index is 0.732. The maximum absolute atomic E-state index is 8.93. The number of aryl methyl sites for hydroxylation is 1. The molecule has 0 saturated heterocycles. The summed E-state index contributed by atoms with van der Waals surface area (Å²) in [4.78, 5) is 0. The minimum atomic E-state index is 0.732. The van der Waals surface area contributed by atoms with Crippen LogP contribution >= 0.6 is 15.9 Å². The molecule has 0 fully saturated rings. The zero-order valence-corrected chi connectivity index (χ0v) is 9.37. The number of hydrogen-bond acceptors (Lipinski definition) is 1. The number of rotatable bonds is 1. The van der Waals surface area contributed by atoms with E-state index in [0.29, 0.717) is 0 Å². The molecule has 0 aliphatic rings. The molecule has 0 amide bonds. The topological polar surface area (TPSA) is 28.7 Å². The second-order valence-electron chi connectivity index (χ2n) is 3.07. The molecule has 0 aliphatic heterocycles. The van der Waals surface area contributed by atoms with Gasteiger partial charge in [0.2, 0.25) is 0 Å². The average molecular weight is 249 g/mol. The zero-order valence-electron chi connectivity index (χ0n) is 7.79. The van der Waals surface area contributed by atoms with Crippen molar-refractivity contribution in [2.45, 2.75) is 13.5 Å². The molecule has 1 aromatic carbocycles. The molecule has 0 atom stereocenters. The number of halogens is 1. The Labute approximate surface area is 90.9 Å². The fourth-order valence-electron chi connectivity index (χ4n) is 1.64. The van der Waals surface area contributed by atoms with Gasteiger partial charge in [0.15, 0.2) is 0 Å². The van der Waals surface area contributed by atoms with Crippen LogP contribution < -0.4 is 0 Å². The van der Waals surface area contributed by atoms with Crippen molar-refractivity contribution in [3.8, 4) is 6.07 Å². The van der Waals surface area contributed by atoms with Gasteiger partial charge >= 0.3 is 0 Å². The van der Waals surface area contributed by atoms with Gasteiger partial charge in [0.05, 0.1) is 17.1 Å². The first-order valence-corrected chi connectivity index (χ1v) is 5.24. The van der Waals surface area contributed by atoms with Crippen molar-refractivity contribution in [2.75, 3.05) is 0 Å². The highest BCUT2D eigenvalue weighted by Gasteiger charge is 2.07. The molecule has 0 spiro atoms. The van der Waals surface area contributed by atoms with Crippen LogP contribution in [0.4, 0.5) is 0 Å². The molecular formula is C11H9BrN2. The van der Waals surface area contributed by atoms with Gasteiger partial charge in [-0.2, -0.15) is 5.26 Å². The van der Waals surface area contributed by atoms with Crippen molar-refractivity contribution in [3.63, 3.8) is 0 Å². The zero-order chi connectivity index (χ0) is 10.1. The Kier molecular flexibility index (Phi) is 2.30. The Morgan fingerprint density at radius 2 is 2.21 bits per heavy atom. The summed E-state index contributed by atoms with van der Waals surface area (Å²) in [5.74, 6) is 0. The van der Waals surface area contributed by atoms with E-state index in [2.05, 4.69) is 33.5 Å². The molecule has 14 heavy (non-hydrogen) atoms. The molecule has 70 valence electrons. The standard InChI is InChI=1S/C11H9BrN2/c1-2-14-6-5-9-8(7-13)3-4-10(12)11(9)14/h3-6H,2H2,1H3. The van der Waals surface area contributed by atoms with Gasteiger partial charge in [-0.1, -0.05) is 0 Å². The predicted octanol–water partition coefficient (Wildman–Crippen LogP) is 3.30. The first kappa shape index (κ1) is 9.29. The molecule has 0 N–H and O–H groups in total. The van der Waals surface area contributed by atoms with Crippen LogP contribution in [0, 0.1) is 11.3 Å². The molecule has 2 rings (SSSR count). The van der Waals surface area contributed by atoms with E-state index in [4.69, 9.17) is 5.26 Å². The summed E-state index contributed by atoms with van der Waals surface area (Å²) in [5, 5.41) is 9.95. The number of benzene rings is 1. The number of aromatic nitrogens is 1. The third-order valence-electron chi connectivity index (χ3n) is 2.34. The number of fused-ring (bicyclic) bond motifs is 1. The molecule has 0 unspecified atom stereocenters. The van der Waals surface area contributed by atoms with Gasteiger partial charge in [-0.05, 0) is 41.1 Å². The molecule has 0 aliphatic carbocycles. The summed E-state index contributed by atoms with van der Waals surface area (Å²) in [7, 11) is 0. The Hall–Kier alpha value is -1.27. The number of nitriles is 1. The van der Waals surface area contributed by atoms with Crippen LogP contribution in [0.25, 0.3) is 10.9 Å². The van der Waals surface area contributed by atoms with E-state index in [1.807, 2.05) is 24.4 Å². The van der Waals surface area contributed by atoms with E-state index in [1.165, 1.54) is 0 Å².